The summed E-state index contributed by atoms with van der Waals surface area (Å²) in [6.45, 7) is 0. The first-order valence-electron chi connectivity index (χ1n) is 6.81. The van der Waals surface area contributed by atoms with Crippen LogP contribution in [0.15, 0.2) is 97.1 Å². The Hall–Kier alpha value is -1.56. The Balaban J connectivity index is 0.000000202. The molecule has 0 heterocycles. The van der Waals surface area contributed by atoms with Crippen LogP contribution in [0.2, 0.25) is 0 Å². The second-order valence-corrected chi connectivity index (χ2v) is 4.69. The van der Waals surface area contributed by atoms with Gasteiger partial charge in [0.1, 0.15) is 0 Å². The molecule has 0 saturated heterocycles. The van der Waals surface area contributed by atoms with E-state index in [1.807, 2.05) is 0 Å². The van der Waals surface area contributed by atoms with Gasteiger partial charge in [-0.3, -0.25) is 0 Å². The van der Waals surface area contributed by atoms with Crippen molar-refractivity contribution in [2.45, 2.75) is 0 Å². The summed E-state index contributed by atoms with van der Waals surface area (Å²) in [7, 11) is 0. The zero-order valence-electron chi connectivity index (χ0n) is 11.9. The van der Waals surface area contributed by atoms with Crippen molar-refractivity contribution in [3.8, 4) is 22.3 Å². The Morgan fingerprint density at radius 3 is 0.545 bits per heavy atom. The minimum absolute atomic E-state index is 0. The van der Waals surface area contributed by atoms with Crippen LogP contribution in [0.25, 0.3) is 22.3 Å². The van der Waals surface area contributed by atoms with Gasteiger partial charge >= 0.3 is 34.1 Å². The molecule has 22 heavy (non-hydrogen) atoms. The van der Waals surface area contributed by atoms with E-state index in [0.29, 0.717) is 0 Å². The fraction of sp³-hybridized carbons (Fsp3) is 0. The van der Waals surface area contributed by atoms with Gasteiger partial charge in [0, 0.05) is 0 Å². The predicted molar refractivity (Wildman–Crippen MR) is 86.1 cm³/mol. The monoisotopic (exact) mass is 368 g/mol. The molecule has 0 spiro atoms. The van der Waals surface area contributed by atoms with Gasteiger partial charge in [-0.15, -0.1) is 0 Å². The van der Waals surface area contributed by atoms with Crippen LogP contribution in [0.1, 0.15) is 0 Å². The molecule has 0 aromatic heterocycles. The smallest absolute Gasteiger partial charge is 0.198 e. The van der Waals surface area contributed by atoms with Crippen molar-refractivity contribution in [3.05, 3.63) is 97.1 Å². The van der Waals surface area contributed by atoms with Crippen LogP contribution >= 0.6 is 0 Å². The van der Waals surface area contributed by atoms with E-state index in [0.717, 1.165) is 0 Å². The minimum atomic E-state index is 0. The first kappa shape index (κ1) is 18.5. The molecular weight excluding hydrogens is 352 g/mol. The van der Waals surface area contributed by atoms with E-state index in [9.17, 15) is 0 Å². The maximum Gasteiger partial charge on any atom is 2.00 e. The van der Waals surface area contributed by atoms with Crippen molar-refractivity contribution >= 4 is 0 Å². The molecule has 0 bridgehead atoms. The van der Waals surface area contributed by atoms with E-state index in [4.69, 9.17) is 0 Å². The molecular formula is C20H16Fe2. The molecule has 0 amide bonds. The van der Waals surface area contributed by atoms with Gasteiger partial charge in [-0.25, -0.2) is 0 Å². The molecule has 0 saturated carbocycles. The summed E-state index contributed by atoms with van der Waals surface area (Å²) in [5.41, 5.74) is 5.24. The average molecular weight is 368 g/mol. The molecule has 0 aliphatic rings. The third kappa shape index (κ3) is 4.73. The normalized spacial score (nSPS) is 9.09. The summed E-state index contributed by atoms with van der Waals surface area (Å²) in [5, 5.41) is 0. The predicted octanol–water partition coefficient (Wildman–Crippen LogP) is 5.58. The van der Waals surface area contributed by atoms with E-state index in [1.54, 1.807) is 0 Å². The van der Waals surface area contributed by atoms with Crippen LogP contribution in [0.4, 0.5) is 0 Å². The van der Waals surface area contributed by atoms with Crippen molar-refractivity contribution in [3.63, 3.8) is 0 Å². The molecule has 0 aliphatic heterocycles. The van der Waals surface area contributed by atoms with Crippen LogP contribution in [0, 0.1) is 0 Å². The van der Waals surface area contributed by atoms with Gasteiger partial charge in [-0.2, -0.15) is 119 Å². The Kier molecular flexibility index (Phi) is 7.95. The molecule has 0 fully saturated rings. The standard InChI is InChI=1S/2C10H8.2Fe/c2*1-2-6-9(5-1)10-7-3-4-8-10;;/h2*1-8H;;/q2*-2;2*+2. The van der Waals surface area contributed by atoms with Crippen molar-refractivity contribution in [2.75, 3.05) is 0 Å². The Morgan fingerprint density at radius 1 is 0.273 bits per heavy atom. The number of hydrogen-bond acceptors (Lipinski definition) is 0. The van der Waals surface area contributed by atoms with Crippen LogP contribution in [-0.4, -0.2) is 0 Å². The second kappa shape index (κ2) is 9.45. The van der Waals surface area contributed by atoms with Gasteiger partial charge in [0.2, 0.25) is 0 Å². The van der Waals surface area contributed by atoms with Crippen molar-refractivity contribution in [1.82, 2.24) is 0 Å². The van der Waals surface area contributed by atoms with Gasteiger partial charge in [-0.05, 0) is 0 Å². The fourth-order valence-electron chi connectivity index (χ4n) is 2.27. The number of rotatable bonds is 2. The largest absolute Gasteiger partial charge is 2.00 e. The first-order valence-corrected chi connectivity index (χ1v) is 6.81. The molecule has 4 rings (SSSR count). The second-order valence-electron chi connectivity index (χ2n) is 4.69. The molecule has 0 nitrogen and oxygen atoms in total. The molecule has 4 aromatic rings. The quantitative estimate of drug-likeness (QED) is 0.320. The zero-order valence-corrected chi connectivity index (χ0v) is 14.2. The average Bonchev–Trinajstić information content (AvgIpc) is 3.29. The number of hydrogen-bond donors (Lipinski definition) is 0. The molecule has 0 atom stereocenters. The third-order valence-electron chi connectivity index (χ3n) is 3.32. The van der Waals surface area contributed by atoms with Gasteiger partial charge in [0.25, 0.3) is 0 Å². The van der Waals surface area contributed by atoms with Crippen LogP contribution in [-0.2, 0) is 34.1 Å². The van der Waals surface area contributed by atoms with Gasteiger partial charge in [-0.1, -0.05) is 0 Å². The van der Waals surface area contributed by atoms with Gasteiger partial charge in [0.15, 0.2) is 0 Å². The molecule has 0 radical (unpaired) electrons. The van der Waals surface area contributed by atoms with Crippen LogP contribution in [0.3, 0.4) is 0 Å². The Bertz CT molecular complexity index is 553. The summed E-state index contributed by atoms with van der Waals surface area (Å²) < 4.78 is 0. The molecule has 4 aromatic carbocycles. The van der Waals surface area contributed by atoms with Crippen molar-refractivity contribution in [2.24, 2.45) is 0 Å². The molecule has 0 aliphatic carbocycles. The zero-order chi connectivity index (χ0) is 13.6. The van der Waals surface area contributed by atoms with Crippen LogP contribution < -0.4 is 0 Å². The van der Waals surface area contributed by atoms with E-state index in [1.165, 1.54) is 22.3 Å². The van der Waals surface area contributed by atoms with Gasteiger partial charge in [0.05, 0.1) is 0 Å². The molecule has 0 unspecified atom stereocenters. The van der Waals surface area contributed by atoms with Crippen molar-refractivity contribution < 1.29 is 34.1 Å². The van der Waals surface area contributed by atoms with E-state index in [2.05, 4.69) is 97.1 Å². The summed E-state index contributed by atoms with van der Waals surface area (Å²) in [6.07, 6.45) is 0. The minimum Gasteiger partial charge on any atom is -0.198 e. The summed E-state index contributed by atoms with van der Waals surface area (Å²) in [4.78, 5) is 0. The van der Waals surface area contributed by atoms with E-state index in [-0.39, 0.29) is 34.1 Å². The third-order valence-corrected chi connectivity index (χ3v) is 3.32. The topological polar surface area (TPSA) is 0 Å². The first-order chi connectivity index (χ1) is 9.93. The van der Waals surface area contributed by atoms with E-state index >= 15 is 0 Å². The summed E-state index contributed by atoms with van der Waals surface area (Å²) >= 11 is 0. The summed E-state index contributed by atoms with van der Waals surface area (Å²) in [5.74, 6) is 0. The van der Waals surface area contributed by atoms with Gasteiger partial charge < -0.3 is 0 Å². The Morgan fingerprint density at radius 2 is 0.409 bits per heavy atom. The van der Waals surface area contributed by atoms with Crippen molar-refractivity contribution in [1.29, 1.82) is 0 Å². The van der Waals surface area contributed by atoms with E-state index < -0.39 is 0 Å². The maximum atomic E-state index is 2.12. The fourth-order valence-corrected chi connectivity index (χ4v) is 2.27. The SMILES string of the molecule is [Fe+2].[Fe+2].c1cc[c-](-[c-]2cccc2)c1.c1cc[c-](-[c-]2cccc2)c1. The van der Waals surface area contributed by atoms with Crippen LogP contribution in [0.5, 0.6) is 0 Å². The summed E-state index contributed by atoms with van der Waals surface area (Å²) in [6, 6.07) is 33.4. The maximum absolute atomic E-state index is 2.12. The Labute approximate surface area is 153 Å². The molecule has 2 heteroatoms. The molecule has 0 N–H and O–H groups in total. The molecule has 112 valence electrons.